The van der Waals surface area contributed by atoms with Crippen molar-refractivity contribution in [2.45, 2.75) is 32.9 Å². The van der Waals surface area contributed by atoms with Gasteiger partial charge in [-0.3, -0.25) is 19.2 Å². The normalized spacial score (nSPS) is 12.8. The van der Waals surface area contributed by atoms with Crippen LogP contribution < -0.4 is 21.3 Å². The molecule has 4 amide bonds. The second-order valence-electron chi connectivity index (χ2n) is 4.04. The Bertz CT molecular complexity index is 370. The molecule has 2 atom stereocenters. The fraction of sp³-hybridized carbons (Fsp3) is 0.636. The molecule has 8 heteroatoms. The van der Waals surface area contributed by atoms with Gasteiger partial charge in [-0.05, 0) is 13.8 Å². The summed E-state index contributed by atoms with van der Waals surface area (Å²) in [6, 6.07) is -1.40. The van der Waals surface area contributed by atoms with Gasteiger partial charge < -0.3 is 21.3 Å². The maximum absolute atomic E-state index is 11.5. The van der Waals surface area contributed by atoms with Crippen LogP contribution in [-0.4, -0.2) is 49.3 Å². The van der Waals surface area contributed by atoms with Crippen molar-refractivity contribution >= 4 is 23.6 Å². The molecule has 0 fully saturated rings. The number of hydrogen-bond donors (Lipinski definition) is 4. The van der Waals surface area contributed by atoms with Crippen molar-refractivity contribution in [3.8, 4) is 0 Å². The van der Waals surface area contributed by atoms with Gasteiger partial charge in [-0.2, -0.15) is 0 Å². The smallest absolute Gasteiger partial charge is 0.242 e. The summed E-state index contributed by atoms with van der Waals surface area (Å²) >= 11 is 0. The third-order valence-electron chi connectivity index (χ3n) is 2.25. The van der Waals surface area contributed by atoms with Crippen LogP contribution >= 0.6 is 0 Å². The van der Waals surface area contributed by atoms with E-state index >= 15 is 0 Å². The largest absolute Gasteiger partial charge is 0.357 e. The maximum Gasteiger partial charge on any atom is 0.242 e. The van der Waals surface area contributed by atoms with E-state index in [9.17, 15) is 19.2 Å². The van der Waals surface area contributed by atoms with E-state index in [1.54, 1.807) is 0 Å². The Morgan fingerprint density at radius 3 is 1.95 bits per heavy atom. The highest BCUT2D eigenvalue weighted by Crippen LogP contribution is 1.83. The van der Waals surface area contributed by atoms with Crippen LogP contribution in [-0.2, 0) is 19.2 Å². The van der Waals surface area contributed by atoms with Gasteiger partial charge >= 0.3 is 0 Å². The van der Waals surface area contributed by atoms with E-state index in [0.717, 1.165) is 0 Å². The van der Waals surface area contributed by atoms with Crippen LogP contribution in [0.4, 0.5) is 0 Å². The fourth-order valence-corrected chi connectivity index (χ4v) is 1.27. The first-order chi connectivity index (χ1) is 8.77. The Labute approximate surface area is 111 Å². The molecule has 0 aromatic carbocycles. The third kappa shape index (κ3) is 7.02. The summed E-state index contributed by atoms with van der Waals surface area (Å²) in [4.78, 5) is 44.8. The molecule has 0 saturated carbocycles. The zero-order valence-electron chi connectivity index (χ0n) is 11.5. The molecular weight excluding hydrogens is 252 g/mol. The van der Waals surface area contributed by atoms with Crippen LogP contribution in [0, 0.1) is 0 Å². The first kappa shape index (κ1) is 16.9. The molecule has 8 nitrogen and oxygen atoms in total. The lowest BCUT2D eigenvalue weighted by Gasteiger charge is -2.14. The van der Waals surface area contributed by atoms with E-state index < -0.39 is 23.9 Å². The molecule has 0 aliphatic heterocycles. The molecule has 4 N–H and O–H groups in total. The van der Waals surface area contributed by atoms with Gasteiger partial charge in [-0.1, -0.05) is 0 Å². The molecule has 0 saturated heterocycles. The van der Waals surface area contributed by atoms with Crippen molar-refractivity contribution in [3.05, 3.63) is 0 Å². The molecular formula is C11H20N4O4. The van der Waals surface area contributed by atoms with Crippen molar-refractivity contribution in [2.75, 3.05) is 13.6 Å². The van der Waals surface area contributed by atoms with E-state index in [2.05, 4.69) is 21.3 Å². The van der Waals surface area contributed by atoms with E-state index in [-0.39, 0.29) is 18.4 Å². The maximum atomic E-state index is 11.5. The Morgan fingerprint density at radius 1 is 0.947 bits per heavy atom. The summed E-state index contributed by atoms with van der Waals surface area (Å²) in [7, 11) is 1.46. The third-order valence-corrected chi connectivity index (χ3v) is 2.25. The molecule has 0 spiro atoms. The van der Waals surface area contributed by atoms with Gasteiger partial charge in [0.15, 0.2) is 0 Å². The van der Waals surface area contributed by atoms with Gasteiger partial charge in [0, 0.05) is 14.0 Å². The lowest BCUT2D eigenvalue weighted by atomic mass is 10.3. The van der Waals surface area contributed by atoms with Crippen molar-refractivity contribution < 1.29 is 19.2 Å². The number of amides is 4. The van der Waals surface area contributed by atoms with Crippen LogP contribution in [0.3, 0.4) is 0 Å². The van der Waals surface area contributed by atoms with Crippen LogP contribution in [0.15, 0.2) is 0 Å². The van der Waals surface area contributed by atoms with E-state index in [1.807, 2.05) is 0 Å². The minimum Gasteiger partial charge on any atom is -0.357 e. The quantitative estimate of drug-likeness (QED) is 0.442. The molecule has 108 valence electrons. The zero-order chi connectivity index (χ0) is 15.0. The van der Waals surface area contributed by atoms with Gasteiger partial charge in [0.05, 0.1) is 6.54 Å². The molecule has 0 aliphatic carbocycles. The molecule has 0 radical (unpaired) electrons. The molecule has 19 heavy (non-hydrogen) atoms. The first-order valence-electron chi connectivity index (χ1n) is 5.83. The lowest BCUT2D eigenvalue weighted by molar-refractivity contribution is -0.130. The number of carbonyl (C=O) groups is 4. The number of rotatable bonds is 6. The minimum absolute atomic E-state index is 0.260. The van der Waals surface area contributed by atoms with Crippen molar-refractivity contribution in [1.29, 1.82) is 0 Å². The van der Waals surface area contributed by atoms with Crippen molar-refractivity contribution in [2.24, 2.45) is 0 Å². The second-order valence-corrected chi connectivity index (χ2v) is 4.04. The van der Waals surface area contributed by atoms with E-state index in [4.69, 9.17) is 0 Å². The van der Waals surface area contributed by atoms with Gasteiger partial charge in [0.2, 0.25) is 23.6 Å². The predicted octanol–water partition coefficient (Wildman–Crippen LogP) is -2.12. The van der Waals surface area contributed by atoms with Gasteiger partial charge in [0.1, 0.15) is 12.1 Å². The summed E-state index contributed by atoms with van der Waals surface area (Å²) in [6.07, 6.45) is 0. The SMILES string of the molecule is CNC(=O)[C@H](C)NC(=O)CNC(=O)[C@H](C)NC(C)=O. The average Bonchev–Trinajstić information content (AvgIpc) is 2.33. The summed E-state index contributed by atoms with van der Waals surface area (Å²) in [5.74, 6) is -1.62. The molecule has 0 rings (SSSR count). The first-order valence-corrected chi connectivity index (χ1v) is 5.83. The highest BCUT2D eigenvalue weighted by atomic mass is 16.2. The Balaban J connectivity index is 4.06. The topological polar surface area (TPSA) is 116 Å². The summed E-state index contributed by atoms with van der Waals surface area (Å²) in [5.41, 5.74) is 0. The van der Waals surface area contributed by atoms with Gasteiger partial charge in [-0.25, -0.2) is 0 Å². The Hall–Kier alpha value is -2.12. The molecule has 0 aliphatic rings. The Kier molecular flexibility index (Phi) is 7.16. The Morgan fingerprint density at radius 2 is 1.47 bits per heavy atom. The molecule has 0 bridgehead atoms. The van der Waals surface area contributed by atoms with Gasteiger partial charge in [0.25, 0.3) is 0 Å². The fourth-order valence-electron chi connectivity index (χ4n) is 1.27. The lowest BCUT2D eigenvalue weighted by Crippen LogP contribution is -2.50. The van der Waals surface area contributed by atoms with E-state index in [1.165, 1.54) is 27.8 Å². The number of nitrogens with one attached hydrogen (secondary N) is 4. The minimum atomic E-state index is -0.721. The van der Waals surface area contributed by atoms with Crippen molar-refractivity contribution in [1.82, 2.24) is 21.3 Å². The summed E-state index contributed by atoms with van der Waals surface area (Å²) in [5, 5.41) is 9.54. The van der Waals surface area contributed by atoms with Crippen molar-refractivity contribution in [3.63, 3.8) is 0 Å². The zero-order valence-corrected chi connectivity index (χ0v) is 11.5. The molecule has 0 aromatic heterocycles. The van der Waals surface area contributed by atoms with Crippen LogP contribution in [0.5, 0.6) is 0 Å². The molecule has 0 heterocycles. The number of likely N-dealkylation sites (N-methyl/N-ethyl adjacent to an activating group) is 1. The highest BCUT2D eigenvalue weighted by molar-refractivity contribution is 5.91. The van der Waals surface area contributed by atoms with E-state index in [0.29, 0.717) is 0 Å². The standard InChI is InChI=1S/C11H20N4O4/c1-6(10(18)12-4)15-9(17)5-13-11(19)7(2)14-8(3)16/h6-7H,5H2,1-4H3,(H,12,18)(H,13,19)(H,14,16)(H,15,17)/t6-,7-/m0/s1. The predicted molar refractivity (Wildman–Crippen MR) is 68.0 cm³/mol. The van der Waals surface area contributed by atoms with Crippen LogP contribution in [0.1, 0.15) is 20.8 Å². The highest BCUT2D eigenvalue weighted by Gasteiger charge is 2.17. The molecule has 0 aromatic rings. The second kappa shape index (κ2) is 8.06. The van der Waals surface area contributed by atoms with Crippen LogP contribution in [0.25, 0.3) is 0 Å². The summed E-state index contributed by atoms with van der Waals surface area (Å²) in [6.45, 7) is 4.06. The number of carbonyl (C=O) groups excluding carboxylic acids is 4. The van der Waals surface area contributed by atoms with Gasteiger partial charge in [-0.15, -0.1) is 0 Å². The number of hydrogen-bond acceptors (Lipinski definition) is 4. The molecule has 0 unspecified atom stereocenters. The monoisotopic (exact) mass is 272 g/mol. The average molecular weight is 272 g/mol. The van der Waals surface area contributed by atoms with Crippen LogP contribution in [0.2, 0.25) is 0 Å². The summed E-state index contributed by atoms with van der Waals surface area (Å²) < 4.78 is 0.